The number of aromatic nitrogens is 2. The summed E-state index contributed by atoms with van der Waals surface area (Å²) in [6, 6.07) is 18.7. The van der Waals surface area contributed by atoms with Gasteiger partial charge in [0.1, 0.15) is 30.6 Å². The number of halogens is 1. The molecule has 1 fully saturated rings. The molecule has 0 radical (unpaired) electrons. The molecule has 0 spiro atoms. The second-order valence-corrected chi connectivity index (χ2v) is 10.6. The van der Waals surface area contributed by atoms with E-state index in [-0.39, 0.29) is 31.1 Å². The monoisotopic (exact) mass is 597 g/mol. The van der Waals surface area contributed by atoms with Crippen LogP contribution in [0.25, 0.3) is 10.9 Å². The normalized spacial score (nSPS) is 13.2. The predicted octanol–water partition coefficient (Wildman–Crippen LogP) is 5.13. The van der Waals surface area contributed by atoms with Crippen LogP contribution in [0.2, 0.25) is 5.02 Å². The molecule has 0 bridgehead atoms. The van der Waals surface area contributed by atoms with Gasteiger partial charge in [0.05, 0.1) is 12.1 Å². The third-order valence-electron chi connectivity index (χ3n) is 7.05. The number of amides is 2. The highest BCUT2D eigenvalue weighted by Crippen LogP contribution is 2.29. The molecule has 4 aromatic rings. The van der Waals surface area contributed by atoms with Crippen LogP contribution in [0.5, 0.6) is 5.75 Å². The number of ether oxygens (including phenoxy) is 2. The van der Waals surface area contributed by atoms with Crippen LogP contribution in [0, 0.1) is 18.8 Å². The number of nitrogens with zero attached hydrogens (tertiary/aromatic N) is 3. The van der Waals surface area contributed by atoms with Crippen LogP contribution in [0.15, 0.2) is 67.0 Å². The van der Waals surface area contributed by atoms with Crippen LogP contribution in [0.3, 0.4) is 0 Å². The lowest BCUT2D eigenvalue weighted by Gasteiger charge is -2.32. The summed E-state index contributed by atoms with van der Waals surface area (Å²) in [5.74, 6) is 7.27. The maximum absolute atomic E-state index is 12.8. The van der Waals surface area contributed by atoms with E-state index in [0.29, 0.717) is 29.5 Å². The Morgan fingerprint density at radius 2 is 1.91 bits per heavy atom. The van der Waals surface area contributed by atoms with Crippen molar-refractivity contribution in [3.63, 3.8) is 0 Å². The Bertz CT molecular complexity index is 1690. The molecular weight excluding hydrogens is 566 g/mol. The molecule has 2 N–H and O–H groups in total. The van der Waals surface area contributed by atoms with E-state index < -0.39 is 0 Å². The average molecular weight is 598 g/mol. The third kappa shape index (κ3) is 7.80. The van der Waals surface area contributed by atoms with E-state index in [1.807, 2.05) is 48.2 Å². The number of piperidine rings is 1. The number of likely N-dealkylation sites (tertiary alicyclic amines) is 1. The number of fused-ring (bicyclic) bond motifs is 1. The lowest BCUT2D eigenvalue weighted by atomic mass is 10.1. The first-order chi connectivity index (χ1) is 20.9. The van der Waals surface area contributed by atoms with Gasteiger partial charge >= 0.3 is 0 Å². The first-order valence-corrected chi connectivity index (χ1v) is 14.4. The quantitative estimate of drug-likeness (QED) is 0.271. The Balaban J connectivity index is 1.20. The number of hydrogen-bond donors (Lipinski definition) is 2. The minimum atomic E-state index is -0.214. The van der Waals surface area contributed by atoms with Gasteiger partial charge in [0.25, 0.3) is 5.91 Å². The van der Waals surface area contributed by atoms with E-state index in [4.69, 9.17) is 21.1 Å². The Kier molecular flexibility index (Phi) is 9.72. The van der Waals surface area contributed by atoms with E-state index in [1.54, 1.807) is 24.3 Å². The fourth-order valence-electron chi connectivity index (χ4n) is 4.86. The van der Waals surface area contributed by atoms with Gasteiger partial charge in [0.15, 0.2) is 0 Å². The van der Waals surface area contributed by atoms with Gasteiger partial charge in [-0.1, -0.05) is 29.5 Å². The smallest absolute Gasteiger partial charge is 0.253 e. The van der Waals surface area contributed by atoms with Gasteiger partial charge in [0.2, 0.25) is 5.91 Å². The summed E-state index contributed by atoms with van der Waals surface area (Å²) in [6.45, 7) is 3.50. The number of nitrogens with one attached hydrogen (secondary N) is 2. The SMILES string of the molecule is COCC(=O)NCC#Cc1ccc2ncnc(Nc3ccc(OC4CCN(C(=O)c5cccc(Cl)c5)CC4)c(C)c3)c2c1. The summed E-state index contributed by atoms with van der Waals surface area (Å²) < 4.78 is 11.1. The van der Waals surface area contributed by atoms with Crippen LogP contribution in [-0.2, 0) is 9.53 Å². The van der Waals surface area contributed by atoms with Crippen molar-refractivity contribution >= 4 is 45.8 Å². The van der Waals surface area contributed by atoms with Crippen LogP contribution in [0.1, 0.15) is 34.3 Å². The minimum Gasteiger partial charge on any atom is -0.490 e. The number of rotatable bonds is 8. The van der Waals surface area contributed by atoms with Gasteiger partial charge in [-0.15, -0.1) is 0 Å². The molecule has 1 aromatic heterocycles. The Hall–Kier alpha value is -4.65. The van der Waals surface area contributed by atoms with Gasteiger partial charge in [-0.3, -0.25) is 9.59 Å². The maximum Gasteiger partial charge on any atom is 0.253 e. The summed E-state index contributed by atoms with van der Waals surface area (Å²) in [4.78, 5) is 35.1. The van der Waals surface area contributed by atoms with Gasteiger partial charge in [-0.05, 0) is 67.1 Å². The third-order valence-corrected chi connectivity index (χ3v) is 7.28. The van der Waals surface area contributed by atoms with E-state index in [2.05, 4.69) is 32.4 Å². The van der Waals surface area contributed by atoms with Crippen molar-refractivity contribution in [1.82, 2.24) is 20.2 Å². The number of hydrogen-bond acceptors (Lipinski definition) is 7. The van der Waals surface area contributed by atoms with Crippen molar-refractivity contribution in [2.75, 3.05) is 38.7 Å². The Morgan fingerprint density at radius 3 is 2.67 bits per heavy atom. The molecule has 9 nitrogen and oxygen atoms in total. The van der Waals surface area contributed by atoms with E-state index in [1.165, 1.54) is 13.4 Å². The summed E-state index contributed by atoms with van der Waals surface area (Å²) in [5, 5.41) is 7.47. The fourth-order valence-corrected chi connectivity index (χ4v) is 5.05. The van der Waals surface area contributed by atoms with Gasteiger partial charge in [0, 0.05) is 60.3 Å². The molecule has 3 aromatic carbocycles. The fraction of sp³-hybridized carbons (Fsp3) is 0.273. The predicted molar refractivity (Wildman–Crippen MR) is 167 cm³/mol. The second-order valence-electron chi connectivity index (χ2n) is 10.2. The van der Waals surface area contributed by atoms with Crippen LogP contribution >= 0.6 is 11.6 Å². The average Bonchev–Trinajstić information content (AvgIpc) is 3.01. The van der Waals surface area contributed by atoms with Gasteiger partial charge in [-0.2, -0.15) is 0 Å². The highest BCUT2D eigenvalue weighted by molar-refractivity contribution is 6.30. The van der Waals surface area contributed by atoms with Gasteiger partial charge in [-0.25, -0.2) is 9.97 Å². The van der Waals surface area contributed by atoms with Crippen molar-refractivity contribution in [2.45, 2.75) is 25.9 Å². The van der Waals surface area contributed by atoms with Gasteiger partial charge < -0.3 is 25.0 Å². The summed E-state index contributed by atoms with van der Waals surface area (Å²) in [7, 11) is 1.47. The number of anilines is 2. The topological polar surface area (TPSA) is 106 Å². The zero-order valence-electron chi connectivity index (χ0n) is 24.0. The highest BCUT2D eigenvalue weighted by atomic mass is 35.5. The van der Waals surface area contributed by atoms with E-state index in [0.717, 1.165) is 46.3 Å². The summed E-state index contributed by atoms with van der Waals surface area (Å²) in [6.07, 6.45) is 3.06. The zero-order chi connectivity index (χ0) is 30.2. The molecule has 2 amide bonds. The molecule has 220 valence electrons. The molecule has 0 saturated carbocycles. The molecule has 1 aliphatic rings. The largest absolute Gasteiger partial charge is 0.490 e. The highest BCUT2D eigenvalue weighted by Gasteiger charge is 2.25. The van der Waals surface area contributed by atoms with E-state index in [9.17, 15) is 9.59 Å². The molecule has 0 unspecified atom stereocenters. The lowest BCUT2D eigenvalue weighted by Crippen LogP contribution is -2.41. The standard InChI is InChI=1S/C33H32ClN5O4/c1-22-17-26(9-11-30(22)43-27-12-15-39(16-13-27)33(41)24-6-3-7-25(34)19-24)38-32-28-18-23(8-10-29(28)36-21-37-32)5-4-14-35-31(40)20-42-2/h3,6-11,17-19,21,27H,12-16,20H2,1-2H3,(H,35,40)(H,36,37,38). The van der Waals surface area contributed by atoms with Crippen molar-refractivity contribution in [3.05, 3.63) is 88.7 Å². The molecule has 0 aliphatic carbocycles. The zero-order valence-corrected chi connectivity index (χ0v) is 24.8. The minimum absolute atomic E-state index is 0.00362. The van der Waals surface area contributed by atoms with Crippen molar-refractivity contribution in [1.29, 1.82) is 0 Å². The Morgan fingerprint density at radius 1 is 1.07 bits per heavy atom. The lowest BCUT2D eigenvalue weighted by molar-refractivity contribution is -0.124. The van der Waals surface area contributed by atoms with E-state index >= 15 is 0 Å². The van der Waals surface area contributed by atoms with Crippen molar-refractivity contribution in [2.24, 2.45) is 0 Å². The molecule has 43 heavy (non-hydrogen) atoms. The van der Waals surface area contributed by atoms with Crippen LogP contribution in [0.4, 0.5) is 11.5 Å². The van der Waals surface area contributed by atoms with Crippen LogP contribution in [-0.4, -0.2) is 66.1 Å². The summed E-state index contributed by atoms with van der Waals surface area (Å²) >= 11 is 6.06. The van der Waals surface area contributed by atoms with Crippen molar-refractivity contribution in [3.8, 4) is 17.6 Å². The van der Waals surface area contributed by atoms with Crippen LogP contribution < -0.4 is 15.4 Å². The molecular formula is C33H32ClN5O4. The number of aryl methyl sites for hydroxylation is 1. The summed E-state index contributed by atoms with van der Waals surface area (Å²) in [5.41, 5.74) is 4.03. The molecule has 5 rings (SSSR count). The maximum atomic E-state index is 12.8. The number of methoxy groups -OCH3 is 1. The number of carbonyl (C=O) groups excluding carboxylic acids is 2. The Labute approximate surface area is 255 Å². The molecule has 1 saturated heterocycles. The second kappa shape index (κ2) is 14.0. The van der Waals surface area contributed by atoms with Crippen molar-refractivity contribution < 1.29 is 19.1 Å². The molecule has 2 heterocycles. The first-order valence-electron chi connectivity index (χ1n) is 14.0. The number of carbonyl (C=O) groups is 2. The molecule has 1 aliphatic heterocycles. The molecule has 10 heteroatoms. The molecule has 0 atom stereocenters. The first kappa shape index (κ1) is 29.8. The number of benzene rings is 3.